The van der Waals surface area contributed by atoms with Gasteiger partial charge in [0.15, 0.2) is 0 Å². The van der Waals surface area contributed by atoms with E-state index in [0.717, 1.165) is 31.6 Å². The van der Waals surface area contributed by atoms with E-state index in [4.69, 9.17) is 0 Å². The Morgan fingerprint density at radius 3 is 2.92 bits per heavy atom. The lowest BCUT2D eigenvalue weighted by molar-refractivity contribution is -0.125. The van der Waals surface area contributed by atoms with Crippen molar-refractivity contribution in [3.63, 3.8) is 0 Å². The maximum atomic E-state index is 11.5. The van der Waals surface area contributed by atoms with Gasteiger partial charge in [-0.3, -0.25) is 4.79 Å². The van der Waals surface area contributed by atoms with Crippen molar-refractivity contribution in [1.29, 1.82) is 0 Å². The molecular formula is C12H20O. The van der Waals surface area contributed by atoms with Crippen molar-refractivity contribution in [2.75, 3.05) is 0 Å². The molecule has 1 heteroatoms. The van der Waals surface area contributed by atoms with E-state index in [1.54, 1.807) is 0 Å². The van der Waals surface area contributed by atoms with Crippen LogP contribution in [0.5, 0.6) is 0 Å². The SMILES string of the molecule is CC=CCC1CC(CC)CCC1=O. The molecule has 0 heterocycles. The van der Waals surface area contributed by atoms with Gasteiger partial charge in [0.1, 0.15) is 5.78 Å². The molecule has 0 N–H and O–H groups in total. The topological polar surface area (TPSA) is 17.1 Å². The molecule has 0 bridgehead atoms. The van der Waals surface area contributed by atoms with Gasteiger partial charge in [-0.05, 0) is 32.1 Å². The Morgan fingerprint density at radius 2 is 2.31 bits per heavy atom. The zero-order valence-electron chi connectivity index (χ0n) is 8.75. The molecule has 2 atom stereocenters. The first kappa shape index (κ1) is 10.5. The van der Waals surface area contributed by atoms with Gasteiger partial charge in [0.2, 0.25) is 0 Å². The van der Waals surface area contributed by atoms with Crippen LogP contribution in [0.2, 0.25) is 0 Å². The molecule has 13 heavy (non-hydrogen) atoms. The number of allylic oxidation sites excluding steroid dienone is 2. The summed E-state index contributed by atoms with van der Waals surface area (Å²) in [7, 11) is 0. The van der Waals surface area contributed by atoms with Crippen LogP contribution in [0, 0.1) is 11.8 Å². The molecule has 0 aromatic carbocycles. The van der Waals surface area contributed by atoms with Gasteiger partial charge in [0.05, 0.1) is 0 Å². The molecule has 0 radical (unpaired) electrons. The van der Waals surface area contributed by atoms with E-state index in [0.29, 0.717) is 11.7 Å². The van der Waals surface area contributed by atoms with Crippen molar-refractivity contribution in [2.24, 2.45) is 11.8 Å². The number of hydrogen-bond donors (Lipinski definition) is 0. The van der Waals surface area contributed by atoms with Crippen molar-refractivity contribution < 1.29 is 4.79 Å². The van der Waals surface area contributed by atoms with E-state index < -0.39 is 0 Å². The zero-order valence-corrected chi connectivity index (χ0v) is 8.75. The molecule has 0 spiro atoms. The minimum atomic E-state index is 0.329. The fourth-order valence-electron chi connectivity index (χ4n) is 2.10. The van der Waals surface area contributed by atoms with Gasteiger partial charge in [-0.15, -0.1) is 0 Å². The van der Waals surface area contributed by atoms with Crippen LogP contribution in [0.3, 0.4) is 0 Å². The molecule has 1 rings (SSSR count). The first-order valence-electron chi connectivity index (χ1n) is 5.41. The molecule has 0 aromatic rings. The number of carbonyl (C=O) groups is 1. The number of rotatable bonds is 3. The minimum Gasteiger partial charge on any atom is -0.299 e. The van der Waals surface area contributed by atoms with E-state index in [1.807, 2.05) is 13.0 Å². The summed E-state index contributed by atoms with van der Waals surface area (Å²) in [5.41, 5.74) is 0. The maximum Gasteiger partial charge on any atom is 0.136 e. The second kappa shape index (κ2) is 5.21. The van der Waals surface area contributed by atoms with Crippen LogP contribution in [-0.2, 0) is 4.79 Å². The first-order valence-corrected chi connectivity index (χ1v) is 5.41. The van der Waals surface area contributed by atoms with Gasteiger partial charge in [-0.1, -0.05) is 25.5 Å². The predicted molar refractivity (Wildman–Crippen MR) is 55.6 cm³/mol. The Balaban J connectivity index is 2.44. The highest BCUT2D eigenvalue weighted by atomic mass is 16.1. The van der Waals surface area contributed by atoms with Crippen LogP contribution < -0.4 is 0 Å². The molecular weight excluding hydrogens is 160 g/mol. The summed E-state index contributed by atoms with van der Waals surface area (Å²) in [5.74, 6) is 1.62. The lowest BCUT2D eigenvalue weighted by Crippen LogP contribution is -2.24. The van der Waals surface area contributed by atoms with Crippen molar-refractivity contribution in [3.8, 4) is 0 Å². The third-order valence-corrected chi connectivity index (χ3v) is 3.11. The van der Waals surface area contributed by atoms with Gasteiger partial charge in [0.25, 0.3) is 0 Å². The Kier molecular flexibility index (Phi) is 4.20. The summed E-state index contributed by atoms with van der Waals surface area (Å²) in [6.07, 6.45) is 9.44. The van der Waals surface area contributed by atoms with Crippen molar-refractivity contribution in [3.05, 3.63) is 12.2 Å². The maximum absolute atomic E-state index is 11.5. The second-order valence-electron chi connectivity index (χ2n) is 4.02. The highest BCUT2D eigenvalue weighted by molar-refractivity contribution is 5.81. The van der Waals surface area contributed by atoms with Gasteiger partial charge in [-0.25, -0.2) is 0 Å². The third kappa shape index (κ3) is 2.98. The summed E-state index contributed by atoms with van der Waals surface area (Å²) in [6, 6.07) is 0. The van der Waals surface area contributed by atoms with Gasteiger partial charge >= 0.3 is 0 Å². The van der Waals surface area contributed by atoms with Gasteiger partial charge < -0.3 is 0 Å². The number of ketones is 1. The van der Waals surface area contributed by atoms with E-state index >= 15 is 0 Å². The smallest absolute Gasteiger partial charge is 0.136 e. The fraction of sp³-hybridized carbons (Fsp3) is 0.750. The monoisotopic (exact) mass is 180 g/mol. The largest absolute Gasteiger partial charge is 0.299 e. The highest BCUT2D eigenvalue weighted by Crippen LogP contribution is 2.30. The first-order chi connectivity index (χ1) is 6.27. The lowest BCUT2D eigenvalue weighted by atomic mass is 9.78. The normalized spacial score (nSPS) is 29.8. The van der Waals surface area contributed by atoms with Gasteiger partial charge in [-0.2, -0.15) is 0 Å². The Hall–Kier alpha value is -0.590. The molecule has 1 nitrogen and oxygen atoms in total. The van der Waals surface area contributed by atoms with Crippen LogP contribution in [0.15, 0.2) is 12.2 Å². The standard InChI is InChI=1S/C12H20O/c1-3-5-6-11-9-10(4-2)7-8-12(11)13/h3,5,10-11H,4,6-9H2,1-2H3. The molecule has 1 aliphatic rings. The van der Waals surface area contributed by atoms with E-state index in [9.17, 15) is 4.79 Å². The average Bonchev–Trinajstić information content (AvgIpc) is 2.17. The Bertz CT molecular complexity index is 193. The molecule has 0 amide bonds. The highest BCUT2D eigenvalue weighted by Gasteiger charge is 2.26. The minimum absolute atomic E-state index is 0.329. The molecule has 1 aliphatic carbocycles. The Labute approximate surface area is 81.2 Å². The molecule has 2 unspecified atom stereocenters. The summed E-state index contributed by atoms with van der Waals surface area (Å²) in [4.78, 5) is 11.5. The number of hydrogen-bond acceptors (Lipinski definition) is 1. The molecule has 1 fully saturated rings. The summed E-state index contributed by atoms with van der Waals surface area (Å²) >= 11 is 0. The van der Waals surface area contributed by atoms with Crippen LogP contribution in [0.4, 0.5) is 0 Å². The molecule has 0 aromatic heterocycles. The van der Waals surface area contributed by atoms with Crippen LogP contribution in [0.25, 0.3) is 0 Å². The van der Waals surface area contributed by atoms with Gasteiger partial charge in [0, 0.05) is 12.3 Å². The molecule has 1 saturated carbocycles. The van der Waals surface area contributed by atoms with Crippen LogP contribution in [-0.4, -0.2) is 5.78 Å². The summed E-state index contributed by atoms with van der Waals surface area (Å²) < 4.78 is 0. The van der Waals surface area contributed by atoms with Crippen molar-refractivity contribution in [1.82, 2.24) is 0 Å². The molecule has 0 aliphatic heterocycles. The number of carbonyl (C=O) groups excluding carboxylic acids is 1. The summed E-state index contributed by atoms with van der Waals surface area (Å²) in [5, 5.41) is 0. The second-order valence-corrected chi connectivity index (χ2v) is 4.02. The average molecular weight is 180 g/mol. The third-order valence-electron chi connectivity index (χ3n) is 3.11. The van der Waals surface area contributed by atoms with E-state index in [2.05, 4.69) is 13.0 Å². The summed E-state index contributed by atoms with van der Waals surface area (Å²) in [6.45, 7) is 4.25. The predicted octanol–water partition coefficient (Wildman–Crippen LogP) is 3.35. The van der Waals surface area contributed by atoms with Crippen LogP contribution in [0.1, 0.15) is 46.0 Å². The zero-order chi connectivity index (χ0) is 9.68. The van der Waals surface area contributed by atoms with Crippen molar-refractivity contribution in [2.45, 2.75) is 46.0 Å². The van der Waals surface area contributed by atoms with E-state index in [1.165, 1.54) is 6.42 Å². The molecule has 74 valence electrons. The van der Waals surface area contributed by atoms with Crippen LogP contribution >= 0.6 is 0 Å². The van der Waals surface area contributed by atoms with E-state index in [-0.39, 0.29) is 0 Å². The molecule has 0 saturated heterocycles. The number of Topliss-reactive ketones (excluding diaryl/α,β-unsaturated/α-hetero) is 1. The van der Waals surface area contributed by atoms with Crippen molar-refractivity contribution >= 4 is 5.78 Å². The fourth-order valence-corrected chi connectivity index (χ4v) is 2.10. The lowest BCUT2D eigenvalue weighted by Gasteiger charge is -2.26. The quantitative estimate of drug-likeness (QED) is 0.609. The Morgan fingerprint density at radius 1 is 1.54 bits per heavy atom.